The molecule has 2 atom stereocenters. The third-order valence-electron chi connectivity index (χ3n) is 4.94. The second kappa shape index (κ2) is 6.69. The predicted octanol–water partition coefficient (Wildman–Crippen LogP) is 3.01. The van der Waals surface area contributed by atoms with E-state index in [2.05, 4.69) is 19.2 Å². The molecule has 4 rings (SSSR count). The number of nitrogens with one attached hydrogen (secondary N) is 1. The number of hydrogen-bond acceptors (Lipinski definition) is 5. The molecular formula is C19H22N2O3S. The Labute approximate surface area is 151 Å². The van der Waals surface area contributed by atoms with Gasteiger partial charge in [-0.2, -0.15) is 0 Å². The fraction of sp³-hybridized carbons (Fsp3) is 0.421. The summed E-state index contributed by atoms with van der Waals surface area (Å²) in [6.07, 6.45) is 0. The lowest BCUT2D eigenvalue weighted by molar-refractivity contribution is 0.0608. The molecule has 1 amide bonds. The quantitative estimate of drug-likeness (QED) is 0.897. The second-order valence-corrected chi connectivity index (χ2v) is 7.59. The lowest BCUT2D eigenvalue weighted by atomic mass is 10.1. The average Bonchev–Trinajstić information content (AvgIpc) is 3.13. The summed E-state index contributed by atoms with van der Waals surface area (Å²) in [5.41, 5.74) is 1.05. The van der Waals surface area contributed by atoms with Crippen molar-refractivity contribution >= 4 is 17.2 Å². The van der Waals surface area contributed by atoms with Crippen LogP contribution in [0.25, 0.3) is 10.4 Å². The largest absolute Gasteiger partial charge is 0.486 e. The fourth-order valence-electron chi connectivity index (χ4n) is 3.29. The third-order valence-corrected chi connectivity index (χ3v) is 6.06. The average molecular weight is 358 g/mol. The summed E-state index contributed by atoms with van der Waals surface area (Å²) in [6.45, 7) is 6.98. The normalized spacial score (nSPS) is 22.7. The molecule has 5 nitrogen and oxygen atoms in total. The van der Waals surface area contributed by atoms with Crippen LogP contribution in [0.2, 0.25) is 0 Å². The van der Waals surface area contributed by atoms with Crippen molar-refractivity contribution in [2.75, 3.05) is 26.3 Å². The molecule has 1 N–H and O–H groups in total. The maximum absolute atomic E-state index is 12.9. The third kappa shape index (κ3) is 3.12. The minimum absolute atomic E-state index is 0.120. The van der Waals surface area contributed by atoms with Crippen molar-refractivity contribution in [1.82, 2.24) is 10.2 Å². The van der Waals surface area contributed by atoms with Crippen LogP contribution < -0.4 is 14.8 Å². The molecule has 25 heavy (non-hydrogen) atoms. The van der Waals surface area contributed by atoms with Crippen molar-refractivity contribution in [2.24, 2.45) is 0 Å². The van der Waals surface area contributed by atoms with Gasteiger partial charge in [0.2, 0.25) is 0 Å². The number of benzene rings is 1. The van der Waals surface area contributed by atoms with Gasteiger partial charge >= 0.3 is 0 Å². The van der Waals surface area contributed by atoms with Crippen molar-refractivity contribution in [2.45, 2.75) is 25.9 Å². The first kappa shape index (κ1) is 16.4. The van der Waals surface area contributed by atoms with Crippen molar-refractivity contribution in [1.29, 1.82) is 0 Å². The summed E-state index contributed by atoms with van der Waals surface area (Å²) in [6, 6.07) is 10.4. The van der Waals surface area contributed by atoms with Gasteiger partial charge in [-0.05, 0) is 49.7 Å². The molecule has 132 valence electrons. The smallest absolute Gasteiger partial charge is 0.264 e. The highest BCUT2D eigenvalue weighted by Crippen LogP contribution is 2.37. The molecule has 1 saturated heterocycles. The standard InChI is InChI=1S/C19H22N2O3S/c1-12-13(2)21(8-7-20-12)19(22)18-6-5-17(25-18)14-3-4-15-16(11-14)24-10-9-23-15/h3-6,11-13,20H,7-10H2,1-2H3. The van der Waals surface area contributed by atoms with Gasteiger partial charge in [0.1, 0.15) is 13.2 Å². The van der Waals surface area contributed by atoms with Crippen LogP contribution in [-0.4, -0.2) is 49.2 Å². The number of nitrogens with zero attached hydrogens (tertiary/aromatic N) is 1. The Hall–Kier alpha value is -2.05. The zero-order valence-corrected chi connectivity index (χ0v) is 15.3. The van der Waals surface area contributed by atoms with Gasteiger partial charge in [0.15, 0.2) is 11.5 Å². The van der Waals surface area contributed by atoms with Crippen molar-refractivity contribution in [3.63, 3.8) is 0 Å². The molecule has 2 aromatic rings. The number of rotatable bonds is 2. The number of hydrogen-bond donors (Lipinski definition) is 1. The SMILES string of the molecule is CC1NCCN(C(=O)c2ccc(-c3ccc4c(c3)OCCO4)s2)C1C. The summed E-state index contributed by atoms with van der Waals surface area (Å²) in [4.78, 5) is 16.7. The minimum atomic E-state index is 0.120. The summed E-state index contributed by atoms with van der Waals surface area (Å²) in [5.74, 6) is 1.68. The van der Waals surface area contributed by atoms with E-state index in [1.54, 1.807) is 0 Å². The van der Waals surface area contributed by atoms with Crippen LogP contribution in [0, 0.1) is 0 Å². The first-order chi connectivity index (χ1) is 12.1. The van der Waals surface area contributed by atoms with Gasteiger partial charge in [-0.1, -0.05) is 0 Å². The first-order valence-corrected chi connectivity index (χ1v) is 9.49. The highest BCUT2D eigenvalue weighted by molar-refractivity contribution is 7.17. The summed E-state index contributed by atoms with van der Waals surface area (Å²) in [7, 11) is 0. The summed E-state index contributed by atoms with van der Waals surface area (Å²) >= 11 is 1.53. The predicted molar refractivity (Wildman–Crippen MR) is 98.7 cm³/mol. The fourth-order valence-corrected chi connectivity index (χ4v) is 4.25. The molecule has 1 fully saturated rings. The molecule has 6 heteroatoms. The number of carbonyl (C=O) groups excluding carboxylic acids is 1. The van der Waals surface area contributed by atoms with E-state index in [0.29, 0.717) is 19.3 Å². The van der Waals surface area contributed by atoms with Crippen LogP contribution in [0.3, 0.4) is 0 Å². The van der Waals surface area contributed by atoms with Gasteiger partial charge in [-0.25, -0.2) is 0 Å². The topological polar surface area (TPSA) is 50.8 Å². The molecule has 1 aromatic carbocycles. The molecule has 1 aromatic heterocycles. The molecule has 3 heterocycles. The number of thiophene rings is 1. The van der Waals surface area contributed by atoms with Gasteiger partial charge in [0.25, 0.3) is 5.91 Å². The van der Waals surface area contributed by atoms with Crippen LogP contribution in [0.1, 0.15) is 23.5 Å². The van der Waals surface area contributed by atoms with Crippen molar-refractivity contribution < 1.29 is 14.3 Å². The molecule has 0 spiro atoms. The molecule has 2 unspecified atom stereocenters. The maximum atomic E-state index is 12.9. The van der Waals surface area contributed by atoms with E-state index in [1.165, 1.54) is 11.3 Å². The van der Waals surface area contributed by atoms with E-state index in [4.69, 9.17) is 9.47 Å². The molecular weight excluding hydrogens is 336 g/mol. The molecule has 0 bridgehead atoms. The molecule has 2 aliphatic heterocycles. The molecule has 0 saturated carbocycles. The molecule has 0 radical (unpaired) electrons. The number of amides is 1. The lowest BCUT2D eigenvalue weighted by Gasteiger charge is -2.38. The van der Waals surface area contributed by atoms with E-state index in [1.807, 2.05) is 35.2 Å². The van der Waals surface area contributed by atoms with Crippen LogP contribution in [0.15, 0.2) is 30.3 Å². The Bertz CT molecular complexity index is 789. The minimum Gasteiger partial charge on any atom is -0.486 e. The Morgan fingerprint density at radius 1 is 1.16 bits per heavy atom. The number of ether oxygens (including phenoxy) is 2. The van der Waals surface area contributed by atoms with Gasteiger partial charge in [-0.15, -0.1) is 11.3 Å². The van der Waals surface area contributed by atoms with E-state index in [0.717, 1.165) is 39.9 Å². The number of carbonyl (C=O) groups is 1. The molecule has 2 aliphatic rings. The van der Waals surface area contributed by atoms with Crippen LogP contribution >= 0.6 is 11.3 Å². The van der Waals surface area contributed by atoms with Crippen LogP contribution in [0.5, 0.6) is 11.5 Å². The van der Waals surface area contributed by atoms with Gasteiger partial charge in [-0.3, -0.25) is 4.79 Å². The summed E-state index contributed by atoms with van der Waals surface area (Å²) in [5, 5.41) is 3.41. The first-order valence-electron chi connectivity index (χ1n) is 8.67. The highest BCUT2D eigenvalue weighted by atomic mass is 32.1. The van der Waals surface area contributed by atoms with E-state index < -0.39 is 0 Å². The van der Waals surface area contributed by atoms with Gasteiger partial charge in [0, 0.05) is 30.1 Å². The van der Waals surface area contributed by atoms with E-state index in [9.17, 15) is 4.79 Å². The second-order valence-electron chi connectivity index (χ2n) is 6.50. The van der Waals surface area contributed by atoms with Gasteiger partial charge in [0.05, 0.1) is 4.88 Å². The van der Waals surface area contributed by atoms with Crippen molar-refractivity contribution in [3.05, 3.63) is 35.2 Å². The van der Waals surface area contributed by atoms with Gasteiger partial charge < -0.3 is 19.7 Å². The monoisotopic (exact) mass is 358 g/mol. The van der Waals surface area contributed by atoms with Crippen molar-refractivity contribution in [3.8, 4) is 21.9 Å². The lowest BCUT2D eigenvalue weighted by Crippen LogP contribution is -2.57. The molecule has 0 aliphatic carbocycles. The zero-order chi connectivity index (χ0) is 17.4. The Balaban J connectivity index is 1.57. The highest BCUT2D eigenvalue weighted by Gasteiger charge is 2.29. The Kier molecular flexibility index (Phi) is 4.39. The van der Waals surface area contributed by atoms with E-state index in [-0.39, 0.29) is 11.9 Å². The van der Waals surface area contributed by atoms with Crippen LogP contribution in [-0.2, 0) is 0 Å². The zero-order valence-electron chi connectivity index (χ0n) is 14.5. The Morgan fingerprint density at radius 3 is 2.80 bits per heavy atom. The number of piperazine rings is 1. The summed E-state index contributed by atoms with van der Waals surface area (Å²) < 4.78 is 11.2. The van der Waals surface area contributed by atoms with Crippen LogP contribution in [0.4, 0.5) is 0 Å². The number of fused-ring (bicyclic) bond motifs is 1. The van der Waals surface area contributed by atoms with E-state index >= 15 is 0 Å². The maximum Gasteiger partial charge on any atom is 0.264 e. The Morgan fingerprint density at radius 2 is 1.96 bits per heavy atom.